The lowest BCUT2D eigenvalue weighted by molar-refractivity contribution is -0.253. The molecular weight excluding hydrogens is 218 g/mol. The number of alkyl halides is 6. The minimum atomic E-state index is -4.57. The zero-order valence-electron chi connectivity index (χ0n) is 7.08. The lowest BCUT2D eigenvalue weighted by Gasteiger charge is -2.16. The molecule has 0 N–H and O–H groups in total. The molecule has 0 amide bonds. The van der Waals surface area contributed by atoms with Crippen molar-refractivity contribution in [1.82, 2.24) is 0 Å². The van der Waals surface area contributed by atoms with E-state index in [-0.39, 0.29) is 0 Å². The molecule has 0 aliphatic heterocycles. The first-order valence-corrected chi connectivity index (χ1v) is 3.47. The van der Waals surface area contributed by atoms with E-state index in [0.717, 1.165) is 6.92 Å². The molecule has 0 saturated carbocycles. The van der Waals surface area contributed by atoms with E-state index < -0.39 is 31.9 Å². The van der Waals surface area contributed by atoms with Gasteiger partial charge in [-0.15, -0.1) is 0 Å². The Morgan fingerprint density at radius 2 is 1.14 bits per heavy atom. The number of hydrogen-bond acceptors (Lipinski definition) is 2. The molecule has 0 saturated heterocycles. The summed E-state index contributed by atoms with van der Waals surface area (Å²) in [6, 6.07) is 0. The van der Waals surface area contributed by atoms with Gasteiger partial charge in [-0.25, -0.2) is 0 Å². The molecule has 0 aromatic rings. The first kappa shape index (κ1) is 13.5. The SMILES string of the molecule is CC(OCC(F)(F)F)OCC(F)(F)F. The third-order valence-corrected chi connectivity index (χ3v) is 0.963. The monoisotopic (exact) mass is 226 g/mol. The van der Waals surface area contributed by atoms with Gasteiger partial charge >= 0.3 is 12.4 Å². The molecule has 0 aromatic heterocycles. The molecule has 0 spiro atoms. The van der Waals surface area contributed by atoms with Crippen LogP contribution >= 0.6 is 0 Å². The molecule has 86 valence electrons. The molecule has 14 heavy (non-hydrogen) atoms. The van der Waals surface area contributed by atoms with Crippen molar-refractivity contribution >= 4 is 0 Å². The third kappa shape index (κ3) is 9.59. The van der Waals surface area contributed by atoms with Gasteiger partial charge < -0.3 is 9.47 Å². The van der Waals surface area contributed by atoms with E-state index in [9.17, 15) is 26.3 Å². The Kier molecular flexibility index (Phi) is 4.66. The number of halogens is 6. The molecule has 0 heterocycles. The van der Waals surface area contributed by atoms with Crippen molar-refractivity contribution in [3.05, 3.63) is 0 Å². The first-order valence-electron chi connectivity index (χ1n) is 3.47. The van der Waals surface area contributed by atoms with E-state index >= 15 is 0 Å². The highest BCUT2D eigenvalue weighted by Gasteiger charge is 2.31. The van der Waals surface area contributed by atoms with Crippen molar-refractivity contribution in [3.63, 3.8) is 0 Å². The standard InChI is InChI=1S/C6H8F6O2/c1-4(13-2-5(7,8)9)14-3-6(10,11)12/h4H,2-3H2,1H3. The number of ether oxygens (including phenoxy) is 2. The fraction of sp³-hybridized carbons (Fsp3) is 1.00. The molecule has 0 rings (SSSR count). The van der Waals surface area contributed by atoms with Crippen molar-refractivity contribution in [3.8, 4) is 0 Å². The molecular formula is C6H8F6O2. The molecule has 0 aromatic carbocycles. The Morgan fingerprint density at radius 3 is 1.36 bits per heavy atom. The van der Waals surface area contributed by atoms with Crippen molar-refractivity contribution in [2.75, 3.05) is 13.2 Å². The largest absolute Gasteiger partial charge is 0.411 e. The summed E-state index contributed by atoms with van der Waals surface area (Å²) in [5, 5.41) is 0. The van der Waals surface area contributed by atoms with E-state index in [1.54, 1.807) is 0 Å². The van der Waals surface area contributed by atoms with Gasteiger partial charge in [0.15, 0.2) is 6.29 Å². The lowest BCUT2D eigenvalue weighted by atomic mass is 10.6. The van der Waals surface area contributed by atoms with E-state index in [2.05, 4.69) is 9.47 Å². The second kappa shape index (κ2) is 4.83. The number of rotatable bonds is 4. The normalized spacial score (nSPS) is 13.7. The molecule has 8 heteroatoms. The zero-order chi connectivity index (χ0) is 11.4. The zero-order valence-corrected chi connectivity index (χ0v) is 7.08. The summed E-state index contributed by atoms with van der Waals surface area (Å²) >= 11 is 0. The maximum atomic E-state index is 11.5. The van der Waals surface area contributed by atoms with E-state index in [1.165, 1.54) is 0 Å². The fourth-order valence-corrected chi connectivity index (χ4v) is 0.472. The quantitative estimate of drug-likeness (QED) is 0.541. The van der Waals surface area contributed by atoms with E-state index in [0.29, 0.717) is 0 Å². The Hall–Kier alpha value is -0.500. The Morgan fingerprint density at radius 1 is 0.857 bits per heavy atom. The molecule has 0 bridgehead atoms. The summed E-state index contributed by atoms with van der Waals surface area (Å²) in [5.74, 6) is 0. The molecule has 0 radical (unpaired) electrons. The predicted octanol–water partition coefficient (Wildman–Crippen LogP) is 2.49. The average molecular weight is 226 g/mol. The Labute approximate surface area is 75.8 Å². The summed E-state index contributed by atoms with van der Waals surface area (Å²) in [6.07, 6.45) is -10.7. The predicted molar refractivity (Wildman–Crippen MR) is 33.5 cm³/mol. The van der Waals surface area contributed by atoms with Crippen LogP contribution in [0.25, 0.3) is 0 Å². The molecule has 2 nitrogen and oxygen atoms in total. The summed E-state index contributed by atoms with van der Waals surface area (Å²) in [6.45, 7) is -2.31. The fourth-order valence-electron chi connectivity index (χ4n) is 0.472. The van der Waals surface area contributed by atoms with Crippen LogP contribution in [0.5, 0.6) is 0 Å². The van der Waals surface area contributed by atoms with Crippen LogP contribution in [0.15, 0.2) is 0 Å². The van der Waals surface area contributed by atoms with Crippen molar-refractivity contribution in [1.29, 1.82) is 0 Å². The maximum Gasteiger partial charge on any atom is 0.411 e. The van der Waals surface area contributed by atoms with Crippen molar-refractivity contribution in [2.45, 2.75) is 25.6 Å². The molecule has 0 aliphatic rings. The van der Waals surface area contributed by atoms with Crippen molar-refractivity contribution in [2.24, 2.45) is 0 Å². The van der Waals surface area contributed by atoms with E-state index in [1.807, 2.05) is 0 Å². The van der Waals surface area contributed by atoms with Gasteiger partial charge in [0.25, 0.3) is 0 Å². The van der Waals surface area contributed by atoms with Crippen LogP contribution in [0.4, 0.5) is 26.3 Å². The minimum absolute atomic E-state index is 0.956. The lowest BCUT2D eigenvalue weighted by Crippen LogP contribution is -2.27. The highest BCUT2D eigenvalue weighted by molar-refractivity contribution is 4.49. The van der Waals surface area contributed by atoms with Crippen LogP contribution in [0.1, 0.15) is 6.92 Å². The van der Waals surface area contributed by atoms with Crippen LogP contribution < -0.4 is 0 Å². The van der Waals surface area contributed by atoms with Crippen LogP contribution in [0.3, 0.4) is 0 Å². The van der Waals surface area contributed by atoms with Gasteiger partial charge in [-0.05, 0) is 6.92 Å². The maximum absolute atomic E-state index is 11.5. The van der Waals surface area contributed by atoms with Crippen LogP contribution in [-0.2, 0) is 9.47 Å². The van der Waals surface area contributed by atoms with Gasteiger partial charge in [-0.3, -0.25) is 0 Å². The van der Waals surface area contributed by atoms with Crippen molar-refractivity contribution < 1.29 is 35.8 Å². The molecule has 0 fully saturated rings. The highest BCUT2D eigenvalue weighted by atomic mass is 19.4. The minimum Gasteiger partial charge on any atom is -0.344 e. The van der Waals surface area contributed by atoms with Crippen LogP contribution in [-0.4, -0.2) is 31.9 Å². The summed E-state index contributed by atoms with van der Waals surface area (Å²) < 4.78 is 76.8. The summed E-state index contributed by atoms with van der Waals surface area (Å²) in [5.41, 5.74) is 0. The molecule has 0 aliphatic carbocycles. The van der Waals surface area contributed by atoms with Gasteiger partial charge in [0, 0.05) is 0 Å². The summed E-state index contributed by atoms with van der Waals surface area (Å²) in [4.78, 5) is 0. The number of hydrogen-bond donors (Lipinski definition) is 0. The molecule has 0 atom stereocenters. The van der Waals surface area contributed by atoms with Gasteiger partial charge in [-0.2, -0.15) is 26.3 Å². The Bertz CT molecular complexity index is 145. The second-order valence-corrected chi connectivity index (χ2v) is 2.42. The van der Waals surface area contributed by atoms with Crippen LogP contribution in [0.2, 0.25) is 0 Å². The van der Waals surface area contributed by atoms with Gasteiger partial charge in [-0.1, -0.05) is 0 Å². The smallest absolute Gasteiger partial charge is 0.344 e. The first-order chi connectivity index (χ1) is 6.10. The Balaban J connectivity index is 3.62. The second-order valence-electron chi connectivity index (χ2n) is 2.42. The third-order valence-electron chi connectivity index (χ3n) is 0.963. The topological polar surface area (TPSA) is 18.5 Å². The molecule has 0 unspecified atom stereocenters. The van der Waals surface area contributed by atoms with Gasteiger partial charge in [0.1, 0.15) is 13.2 Å². The average Bonchev–Trinajstić information content (AvgIpc) is 1.94. The van der Waals surface area contributed by atoms with Crippen LogP contribution in [0, 0.1) is 0 Å². The summed E-state index contributed by atoms with van der Waals surface area (Å²) in [7, 11) is 0. The van der Waals surface area contributed by atoms with Gasteiger partial charge in [0.05, 0.1) is 0 Å². The van der Waals surface area contributed by atoms with Gasteiger partial charge in [0.2, 0.25) is 0 Å². The van der Waals surface area contributed by atoms with E-state index in [4.69, 9.17) is 0 Å². The highest BCUT2D eigenvalue weighted by Crippen LogP contribution is 2.18.